The van der Waals surface area contributed by atoms with Gasteiger partial charge in [0.15, 0.2) is 0 Å². The Labute approximate surface area is 141 Å². The van der Waals surface area contributed by atoms with Crippen LogP contribution in [0.2, 0.25) is 0 Å². The number of carbonyl (C=O) groups is 1. The maximum absolute atomic E-state index is 10.2. The Bertz CT molecular complexity index is 392. The van der Waals surface area contributed by atoms with Gasteiger partial charge >= 0.3 is 5.97 Å². The zero-order valence-corrected chi connectivity index (χ0v) is 14.4. The summed E-state index contributed by atoms with van der Waals surface area (Å²) in [5.74, 6) is -0.933. The quantitative estimate of drug-likeness (QED) is 0.263. The molecule has 3 heteroatoms. The summed E-state index contributed by atoms with van der Waals surface area (Å²) < 4.78 is 0. The van der Waals surface area contributed by atoms with Crippen molar-refractivity contribution in [1.29, 1.82) is 0 Å². The fourth-order valence-electron chi connectivity index (χ4n) is 2.12. The molecule has 0 heterocycles. The first-order valence-electron chi connectivity index (χ1n) is 8.74. The van der Waals surface area contributed by atoms with Crippen LogP contribution in [0.5, 0.6) is 0 Å². The molecule has 0 unspecified atom stereocenters. The fraction of sp³-hybridized carbons (Fsp3) is 0.550. The van der Waals surface area contributed by atoms with Crippen molar-refractivity contribution in [2.24, 2.45) is 0 Å². The number of aliphatic carboxylic acids is 1. The Kier molecular flexibility index (Phi) is 15.6. The second-order valence-electron chi connectivity index (χ2n) is 5.66. The van der Waals surface area contributed by atoms with Gasteiger partial charge in [-0.05, 0) is 25.7 Å². The van der Waals surface area contributed by atoms with Crippen LogP contribution in [-0.4, -0.2) is 22.3 Å². The lowest BCUT2D eigenvalue weighted by Gasteiger charge is -2.06. The molecule has 0 aromatic carbocycles. The van der Waals surface area contributed by atoms with E-state index in [0.29, 0.717) is 0 Å². The number of aliphatic hydroxyl groups is 1. The van der Waals surface area contributed by atoms with Gasteiger partial charge in [0.25, 0.3) is 0 Å². The van der Waals surface area contributed by atoms with Crippen molar-refractivity contribution in [3.8, 4) is 0 Å². The van der Waals surface area contributed by atoms with Crippen molar-refractivity contribution in [3.05, 3.63) is 48.6 Å². The fourth-order valence-corrected chi connectivity index (χ4v) is 2.12. The molecule has 130 valence electrons. The lowest BCUT2D eigenvalue weighted by Crippen LogP contribution is -2.03. The van der Waals surface area contributed by atoms with E-state index in [-0.39, 0.29) is 6.10 Å². The minimum atomic E-state index is -0.933. The maximum atomic E-state index is 10.2. The van der Waals surface area contributed by atoms with E-state index in [9.17, 15) is 9.90 Å². The minimum Gasteiger partial charge on any atom is -0.478 e. The summed E-state index contributed by atoms with van der Waals surface area (Å²) in [6.45, 7) is 2.03. The summed E-state index contributed by atoms with van der Waals surface area (Å²) >= 11 is 0. The van der Waals surface area contributed by atoms with Crippen LogP contribution in [0.1, 0.15) is 64.7 Å². The van der Waals surface area contributed by atoms with E-state index in [2.05, 4.69) is 6.08 Å². The number of hydrogen-bond donors (Lipinski definition) is 2. The number of carboxylic acids is 1. The van der Waals surface area contributed by atoms with Crippen LogP contribution in [0.25, 0.3) is 0 Å². The van der Waals surface area contributed by atoms with E-state index in [1.54, 1.807) is 12.2 Å². The zero-order valence-electron chi connectivity index (χ0n) is 14.4. The minimum absolute atomic E-state index is 0.101. The van der Waals surface area contributed by atoms with Crippen molar-refractivity contribution in [3.63, 3.8) is 0 Å². The monoisotopic (exact) mass is 320 g/mol. The number of hydrogen-bond acceptors (Lipinski definition) is 2. The second-order valence-corrected chi connectivity index (χ2v) is 5.66. The molecule has 23 heavy (non-hydrogen) atoms. The molecule has 2 N–H and O–H groups in total. The number of carboxylic acid groups (broad SMARTS) is 1. The highest BCUT2D eigenvalue weighted by Crippen LogP contribution is 2.11. The maximum Gasteiger partial charge on any atom is 0.328 e. The first-order valence-corrected chi connectivity index (χ1v) is 8.74. The average Bonchev–Trinajstić information content (AvgIpc) is 2.53. The molecule has 0 rings (SSSR count). The predicted molar refractivity (Wildman–Crippen MR) is 97.4 cm³/mol. The van der Waals surface area contributed by atoms with Gasteiger partial charge in [0.05, 0.1) is 6.10 Å². The molecule has 0 amide bonds. The molecule has 0 saturated carbocycles. The summed E-state index contributed by atoms with van der Waals surface area (Å²) in [5, 5.41) is 17.8. The standard InChI is InChI=1S/C20H32O3/c1-2-19(21)17-15-13-11-9-7-5-3-4-6-8-10-12-14-16-18-20(22)23/h4,6,8,10,12,14,16,18-19,21H,2-3,5,7,9,11,13,15,17H2,1H3,(H,22,23)/t19-/m1/s1. The molecule has 0 saturated heterocycles. The Balaban J connectivity index is 3.39. The Morgan fingerprint density at radius 1 is 0.870 bits per heavy atom. The smallest absolute Gasteiger partial charge is 0.328 e. The van der Waals surface area contributed by atoms with E-state index in [1.165, 1.54) is 38.2 Å². The number of allylic oxidation sites excluding steroid dienone is 7. The van der Waals surface area contributed by atoms with Crippen molar-refractivity contribution in [2.45, 2.75) is 70.8 Å². The van der Waals surface area contributed by atoms with Crippen LogP contribution < -0.4 is 0 Å². The van der Waals surface area contributed by atoms with Crippen LogP contribution in [0.3, 0.4) is 0 Å². The predicted octanol–water partition coefficient (Wildman–Crippen LogP) is 5.19. The van der Waals surface area contributed by atoms with Crippen LogP contribution in [0.15, 0.2) is 48.6 Å². The van der Waals surface area contributed by atoms with Crippen molar-refractivity contribution in [1.82, 2.24) is 0 Å². The summed E-state index contributed by atoms with van der Waals surface area (Å²) in [7, 11) is 0. The lowest BCUT2D eigenvalue weighted by atomic mass is 10.1. The van der Waals surface area contributed by atoms with E-state index < -0.39 is 5.97 Å². The van der Waals surface area contributed by atoms with Gasteiger partial charge in [-0.1, -0.05) is 81.6 Å². The topological polar surface area (TPSA) is 57.5 Å². The molecular weight excluding hydrogens is 288 g/mol. The van der Waals surface area contributed by atoms with Crippen molar-refractivity contribution >= 4 is 5.97 Å². The van der Waals surface area contributed by atoms with Crippen LogP contribution in [0.4, 0.5) is 0 Å². The van der Waals surface area contributed by atoms with Gasteiger partial charge in [0.1, 0.15) is 0 Å². The number of unbranched alkanes of at least 4 members (excludes halogenated alkanes) is 6. The van der Waals surface area contributed by atoms with Gasteiger partial charge in [-0.3, -0.25) is 0 Å². The summed E-state index contributed by atoms with van der Waals surface area (Å²) in [6, 6.07) is 0. The van der Waals surface area contributed by atoms with Gasteiger partial charge in [0, 0.05) is 6.08 Å². The molecule has 1 atom stereocenters. The molecule has 0 spiro atoms. The van der Waals surface area contributed by atoms with Crippen LogP contribution in [-0.2, 0) is 4.79 Å². The summed E-state index contributed by atoms with van der Waals surface area (Å²) in [6.07, 6.45) is 24.4. The van der Waals surface area contributed by atoms with Crippen molar-refractivity contribution in [2.75, 3.05) is 0 Å². The number of aliphatic hydroxyl groups excluding tert-OH is 1. The molecule has 0 aromatic rings. The van der Waals surface area contributed by atoms with Gasteiger partial charge in [-0.15, -0.1) is 0 Å². The molecule has 0 radical (unpaired) electrons. The number of rotatable bonds is 14. The Morgan fingerprint density at radius 2 is 1.43 bits per heavy atom. The summed E-state index contributed by atoms with van der Waals surface area (Å²) in [4.78, 5) is 10.2. The SMILES string of the molecule is CC[C@@H](O)CCCCCCCCC=CC=CC=CC=CC(=O)O. The highest BCUT2D eigenvalue weighted by Gasteiger charge is 1.99. The van der Waals surface area contributed by atoms with E-state index in [0.717, 1.165) is 31.8 Å². The normalized spacial score (nSPS) is 13.8. The largest absolute Gasteiger partial charge is 0.478 e. The Hall–Kier alpha value is -1.61. The molecule has 0 aromatic heterocycles. The second kappa shape index (κ2) is 16.8. The lowest BCUT2D eigenvalue weighted by molar-refractivity contribution is -0.131. The first kappa shape index (κ1) is 21.4. The molecule has 3 nitrogen and oxygen atoms in total. The highest BCUT2D eigenvalue weighted by atomic mass is 16.4. The van der Waals surface area contributed by atoms with Crippen molar-refractivity contribution < 1.29 is 15.0 Å². The van der Waals surface area contributed by atoms with Gasteiger partial charge in [0.2, 0.25) is 0 Å². The molecule has 0 aliphatic rings. The van der Waals surface area contributed by atoms with Gasteiger partial charge < -0.3 is 10.2 Å². The van der Waals surface area contributed by atoms with Gasteiger partial charge in [-0.2, -0.15) is 0 Å². The van der Waals surface area contributed by atoms with E-state index in [1.807, 2.05) is 25.2 Å². The van der Waals surface area contributed by atoms with E-state index >= 15 is 0 Å². The first-order chi connectivity index (χ1) is 11.2. The van der Waals surface area contributed by atoms with E-state index in [4.69, 9.17) is 5.11 Å². The zero-order chi connectivity index (χ0) is 17.2. The average molecular weight is 320 g/mol. The third kappa shape index (κ3) is 18.3. The molecule has 0 aliphatic heterocycles. The van der Waals surface area contributed by atoms with Crippen LogP contribution in [0, 0.1) is 0 Å². The van der Waals surface area contributed by atoms with Crippen LogP contribution >= 0.6 is 0 Å². The highest BCUT2D eigenvalue weighted by molar-refractivity contribution is 5.80. The molecule has 0 aliphatic carbocycles. The Morgan fingerprint density at radius 3 is 2.09 bits per heavy atom. The van der Waals surface area contributed by atoms with Gasteiger partial charge in [-0.25, -0.2) is 4.79 Å². The summed E-state index contributed by atoms with van der Waals surface area (Å²) in [5.41, 5.74) is 0. The molecule has 0 fully saturated rings. The molecular formula is C20H32O3. The third-order valence-electron chi connectivity index (χ3n) is 3.56. The molecule has 0 bridgehead atoms. The third-order valence-corrected chi connectivity index (χ3v) is 3.56.